The Morgan fingerprint density at radius 2 is 2.11 bits per heavy atom. The van der Waals surface area contributed by atoms with Gasteiger partial charge in [-0.1, -0.05) is 31.8 Å². The number of benzene rings is 1. The van der Waals surface area contributed by atoms with Crippen molar-refractivity contribution >= 4 is 0 Å². The first kappa shape index (κ1) is 14.6. The first-order chi connectivity index (χ1) is 8.67. The number of aliphatic hydroxyl groups excluding tert-OH is 1. The van der Waals surface area contributed by atoms with Crippen molar-refractivity contribution in [3.8, 4) is 17.6 Å². The average Bonchev–Trinajstić information content (AvgIpc) is 2.36. The van der Waals surface area contributed by atoms with E-state index in [0.717, 1.165) is 17.7 Å². The lowest BCUT2D eigenvalue weighted by molar-refractivity contribution is 0.0970. The summed E-state index contributed by atoms with van der Waals surface area (Å²) in [6, 6.07) is 5.76. The number of rotatable bonds is 5. The van der Waals surface area contributed by atoms with Gasteiger partial charge in [0, 0.05) is 6.61 Å². The van der Waals surface area contributed by atoms with Crippen molar-refractivity contribution in [1.82, 2.24) is 0 Å². The van der Waals surface area contributed by atoms with E-state index < -0.39 is 0 Å². The molecule has 1 aromatic carbocycles. The highest BCUT2D eigenvalue weighted by molar-refractivity contribution is 5.48. The monoisotopic (exact) mass is 248 g/mol. The van der Waals surface area contributed by atoms with Crippen LogP contribution in [0.1, 0.15) is 25.0 Å². The highest BCUT2D eigenvalue weighted by atomic mass is 16.5. The van der Waals surface area contributed by atoms with E-state index in [9.17, 15) is 0 Å². The van der Waals surface area contributed by atoms with Gasteiger partial charge in [0.2, 0.25) is 0 Å². The summed E-state index contributed by atoms with van der Waals surface area (Å²) in [6.07, 6.45) is 0. The molecule has 0 aliphatic rings. The van der Waals surface area contributed by atoms with Crippen LogP contribution in [0.4, 0.5) is 0 Å². The van der Waals surface area contributed by atoms with Gasteiger partial charge in [0.15, 0.2) is 0 Å². The van der Waals surface area contributed by atoms with Gasteiger partial charge >= 0.3 is 0 Å². The second kappa shape index (κ2) is 7.75. The summed E-state index contributed by atoms with van der Waals surface area (Å²) in [5.41, 5.74) is 1.83. The molecule has 0 saturated heterocycles. The molecule has 0 heterocycles. The Hall–Kier alpha value is -1.50. The molecule has 3 nitrogen and oxygen atoms in total. The van der Waals surface area contributed by atoms with Gasteiger partial charge in [-0.3, -0.25) is 0 Å². The SMILES string of the molecule is COc1ccc(COCC(C)C)cc1C#CCO. The summed E-state index contributed by atoms with van der Waals surface area (Å²) in [4.78, 5) is 0. The number of hydrogen-bond acceptors (Lipinski definition) is 3. The van der Waals surface area contributed by atoms with Crippen molar-refractivity contribution < 1.29 is 14.6 Å². The molecule has 3 heteroatoms. The first-order valence-corrected chi connectivity index (χ1v) is 6.01. The molecule has 0 amide bonds. The molecule has 0 unspecified atom stereocenters. The van der Waals surface area contributed by atoms with Crippen LogP contribution in [0.5, 0.6) is 5.75 Å². The van der Waals surface area contributed by atoms with E-state index >= 15 is 0 Å². The smallest absolute Gasteiger partial charge is 0.134 e. The lowest BCUT2D eigenvalue weighted by atomic mass is 10.1. The molecular weight excluding hydrogens is 228 g/mol. The molecule has 0 bridgehead atoms. The Morgan fingerprint density at radius 3 is 2.72 bits per heavy atom. The van der Waals surface area contributed by atoms with Crippen LogP contribution < -0.4 is 4.74 Å². The zero-order chi connectivity index (χ0) is 13.4. The molecule has 0 spiro atoms. The van der Waals surface area contributed by atoms with Gasteiger partial charge in [-0.05, 0) is 23.6 Å². The molecule has 18 heavy (non-hydrogen) atoms. The topological polar surface area (TPSA) is 38.7 Å². The summed E-state index contributed by atoms with van der Waals surface area (Å²) in [5.74, 6) is 6.73. The molecule has 0 radical (unpaired) electrons. The first-order valence-electron chi connectivity index (χ1n) is 6.01. The second-order valence-corrected chi connectivity index (χ2v) is 4.40. The predicted octanol–water partition coefficient (Wildman–Crippen LogP) is 2.21. The van der Waals surface area contributed by atoms with Crippen LogP contribution in [0.2, 0.25) is 0 Å². The third kappa shape index (κ3) is 4.79. The molecule has 0 aliphatic heterocycles. The summed E-state index contributed by atoms with van der Waals surface area (Å²) >= 11 is 0. The third-order valence-corrected chi connectivity index (χ3v) is 2.29. The zero-order valence-electron chi connectivity index (χ0n) is 11.2. The molecule has 0 fully saturated rings. The lowest BCUT2D eigenvalue weighted by Crippen LogP contribution is -2.02. The van der Waals surface area contributed by atoms with Gasteiger partial charge in [-0.25, -0.2) is 0 Å². The zero-order valence-corrected chi connectivity index (χ0v) is 11.2. The number of ether oxygens (including phenoxy) is 2. The molecule has 0 saturated carbocycles. The maximum absolute atomic E-state index is 8.72. The van der Waals surface area contributed by atoms with Gasteiger partial charge in [-0.15, -0.1) is 0 Å². The fraction of sp³-hybridized carbons (Fsp3) is 0.467. The number of hydrogen-bond donors (Lipinski definition) is 1. The number of methoxy groups -OCH3 is 1. The Bertz CT molecular complexity index is 427. The van der Waals surface area contributed by atoms with Gasteiger partial charge in [-0.2, -0.15) is 0 Å². The molecule has 0 atom stereocenters. The Morgan fingerprint density at radius 1 is 1.33 bits per heavy atom. The highest BCUT2D eigenvalue weighted by Crippen LogP contribution is 2.19. The van der Waals surface area contributed by atoms with Crippen LogP contribution >= 0.6 is 0 Å². The Labute approximate surface area is 109 Å². The van der Waals surface area contributed by atoms with E-state index in [1.807, 2.05) is 18.2 Å². The fourth-order valence-electron chi connectivity index (χ4n) is 1.49. The number of aliphatic hydroxyl groups is 1. The van der Waals surface area contributed by atoms with Crippen LogP contribution in [0, 0.1) is 17.8 Å². The van der Waals surface area contributed by atoms with Crippen molar-refractivity contribution in [3.63, 3.8) is 0 Å². The van der Waals surface area contributed by atoms with Crippen molar-refractivity contribution in [3.05, 3.63) is 29.3 Å². The minimum atomic E-state index is -0.156. The second-order valence-electron chi connectivity index (χ2n) is 4.40. The minimum Gasteiger partial charge on any atom is -0.495 e. The molecule has 1 rings (SSSR count). The summed E-state index contributed by atoms with van der Waals surface area (Å²) in [7, 11) is 1.61. The Kier molecular flexibility index (Phi) is 6.27. The van der Waals surface area contributed by atoms with Crippen LogP contribution in [-0.2, 0) is 11.3 Å². The van der Waals surface area contributed by atoms with Crippen LogP contribution in [0.25, 0.3) is 0 Å². The van der Waals surface area contributed by atoms with Gasteiger partial charge < -0.3 is 14.6 Å². The summed E-state index contributed by atoms with van der Waals surface area (Å²) in [5, 5.41) is 8.72. The van der Waals surface area contributed by atoms with Crippen LogP contribution in [0.15, 0.2) is 18.2 Å². The van der Waals surface area contributed by atoms with Crippen molar-refractivity contribution in [2.24, 2.45) is 5.92 Å². The quantitative estimate of drug-likeness (QED) is 0.812. The maximum atomic E-state index is 8.72. The van der Waals surface area contributed by atoms with Crippen molar-refractivity contribution in [2.45, 2.75) is 20.5 Å². The van der Waals surface area contributed by atoms with E-state index in [1.165, 1.54) is 0 Å². The molecule has 0 aromatic heterocycles. The maximum Gasteiger partial charge on any atom is 0.134 e. The van der Waals surface area contributed by atoms with Crippen LogP contribution in [0.3, 0.4) is 0 Å². The Balaban J connectivity index is 2.76. The predicted molar refractivity (Wildman–Crippen MR) is 71.5 cm³/mol. The van der Waals surface area contributed by atoms with E-state index in [4.69, 9.17) is 14.6 Å². The van der Waals surface area contributed by atoms with Gasteiger partial charge in [0.25, 0.3) is 0 Å². The van der Waals surface area contributed by atoms with Crippen molar-refractivity contribution in [2.75, 3.05) is 20.3 Å². The van der Waals surface area contributed by atoms with Gasteiger partial charge in [0.1, 0.15) is 12.4 Å². The lowest BCUT2D eigenvalue weighted by Gasteiger charge is -2.09. The molecule has 98 valence electrons. The van der Waals surface area contributed by atoms with E-state index in [1.54, 1.807) is 7.11 Å². The standard InChI is InChI=1S/C15H20O3/c1-12(2)10-18-11-13-6-7-15(17-3)14(9-13)5-4-8-16/h6-7,9,12,16H,8,10-11H2,1-3H3. The summed E-state index contributed by atoms with van der Waals surface area (Å²) < 4.78 is 10.8. The summed E-state index contributed by atoms with van der Waals surface area (Å²) in [6.45, 7) is 5.38. The van der Waals surface area contributed by atoms with Crippen molar-refractivity contribution in [1.29, 1.82) is 0 Å². The van der Waals surface area contributed by atoms with E-state index in [-0.39, 0.29) is 6.61 Å². The van der Waals surface area contributed by atoms with Gasteiger partial charge in [0.05, 0.1) is 19.3 Å². The highest BCUT2D eigenvalue weighted by Gasteiger charge is 2.03. The molecular formula is C15H20O3. The van der Waals surface area contributed by atoms with E-state index in [2.05, 4.69) is 25.7 Å². The normalized spacial score (nSPS) is 10.1. The average molecular weight is 248 g/mol. The third-order valence-electron chi connectivity index (χ3n) is 2.29. The fourth-order valence-corrected chi connectivity index (χ4v) is 1.49. The molecule has 1 N–H and O–H groups in total. The molecule has 0 aliphatic carbocycles. The largest absolute Gasteiger partial charge is 0.495 e. The minimum absolute atomic E-state index is 0.156. The van der Waals surface area contributed by atoms with Crippen LogP contribution in [-0.4, -0.2) is 25.4 Å². The van der Waals surface area contributed by atoms with E-state index in [0.29, 0.717) is 18.3 Å². The molecule has 1 aromatic rings.